The van der Waals surface area contributed by atoms with Gasteiger partial charge in [-0.05, 0) is 57.0 Å². The van der Waals surface area contributed by atoms with Crippen LogP contribution in [0.25, 0.3) is 11.0 Å². The normalized spacial score (nSPS) is 11.2. The van der Waals surface area contributed by atoms with E-state index in [1.165, 1.54) is 11.1 Å². The summed E-state index contributed by atoms with van der Waals surface area (Å²) < 4.78 is 1.68. The lowest BCUT2D eigenvalue weighted by molar-refractivity contribution is 0.595. The van der Waals surface area contributed by atoms with Gasteiger partial charge < -0.3 is 5.32 Å². The van der Waals surface area contributed by atoms with Crippen LogP contribution in [0.2, 0.25) is 0 Å². The number of fused-ring (bicyclic) bond motifs is 1. The Morgan fingerprint density at radius 2 is 1.87 bits per heavy atom. The fourth-order valence-electron chi connectivity index (χ4n) is 2.55. The smallest absolute Gasteiger partial charge is 0.252 e. The molecule has 0 saturated heterocycles. The van der Waals surface area contributed by atoms with Gasteiger partial charge >= 0.3 is 0 Å². The number of nitrogens with zero attached hydrogens (tertiary/aromatic N) is 3. The zero-order valence-electron chi connectivity index (χ0n) is 13.8. The van der Waals surface area contributed by atoms with Gasteiger partial charge in [-0.2, -0.15) is 4.98 Å². The number of aryl methyl sites for hydroxylation is 2. The van der Waals surface area contributed by atoms with E-state index in [2.05, 4.69) is 41.3 Å². The summed E-state index contributed by atoms with van der Waals surface area (Å²) in [6.45, 7) is 8.09. The maximum absolute atomic E-state index is 12.1. The fraction of sp³-hybridized carbons (Fsp3) is 0.278. The predicted octanol–water partition coefficient (Wildman–Crippen LogP) is 3.73. The quantitative estimate of drug-likeness (QED) is 0.801. The molecule has 5 nitrogen and oxygen atoms in total. The van der Waals surface area contributed by atoms with Gasteiger partial charge in [-0.25, -0.2) is 4.98 Å². The molecule has 0 amide bonds. The van der Waals surface area contributed by atoms with Crippen LogP contribution in [0.5, 0.6) is 0 Å². The third-order valence-corrected chi connectivity index (χ3v) is 3.95. The molecule has 3 aromatic rings. The van der Waals surface area contributed by atoms with E-state index in [1.807, 2.05) is 19.9 Å². The summed E-state index contributed by atoms with van der Waals surface area (Å²) in [7, 11) is 0. The molecule has 0 aliphatic rings. The summed E-state index contributed by atoms with van der Waals surface area (Å²) in [6, 6.07) is 9.47. The lowest BCUT2D eigenvalue weighted by Crippen LogP contribution is -2.22. The molecular formula is C18H20N4O. The summed E-state index contributed by atoms with van der Waals surface area (Å²) in [5.41, 5.74) is 3.97. The molecule has 0 unspecified atom stereocenters. The Bertz CT molecular complexity index is 928. The van der Waals surface area contributed by atoms with Crippen molar-refractivity contribution in [3.63, 3.8) is 0 Å². The van der Waals surface area contributed by atoms with Crippen molar-refractivity contribution in [2.45, 2.75) is 33.7 Å². The van der Waals surface area contributed by atoms with Crippen molar-refractivity contribution in [2.75, 3.05) is 5.32 Å². The maximum atomic E-state index is 12.1. The number of nitrogens with one attached hydrogen (secondary N) is 1. The lowest BCUT2D eigenvalue weighted by atomic mass is 10.1. The highest BCUT2D eigenvalue weighted by Crippen LogP contribution is 2.19. The monoisotopic (exact) mass is 308 g/mol. The first-order valence-corrected chi connectivity index (χ1v) is 7.68. The first-order chi connectivity index (χ1) is 11.0. The molecule has 0 bridgehead atoms. The third-order valence-electron chi connectivity index (χ3n) is 3.95. The molecule has 0 aliphatic carbocycles. The molecule has 23 heavy (non-hydrogen) atoms. The van der Waals surface area contributed by atoms with Gasteiger partial charge in [-0.15, -0.1) is 0 Å². The maximum Gasteiger partial charge on any atom is 0.252 e. The molecular weight excluding hydrogens is 288 g/mol. The minimum Gasteiger partial charge on any atom is -0.324 e. The lowest BCUT2D eigenvalue weighted by Gasteiger charge is -2.13. The molecule has 1 N–H and O–H groups in total. The van der Waals surface area contributed by atoms with E-state index in [-0.39, 0.29) is 11.6 Å². The zero-order valence-corrected chi connectivity index (χ0v) is 13.8. The first-order valence-electron chi connectivity index (χ1n) is 7.68. The second-order valence-electron chi connectivity index (χ2n) is 6.03. The van der Waals surface area contributed by atoms with E-state index in [4.69, 9.17) is 0 Å². The van der Waals surface area contributed by atoms with Crippen LogP contribution in [0.15, 0.2) is 41.3 Å². The van der Waals surface area contributed by atoms with E-state index >= 15 is 0 Å². The van der Waals surface area contributed by atoms with Gasteiger partial charge in [0, 0.05) is 29.4 Å². The van der Waals surface area contributed by atoms with Crippen molar-refractivity contribution < 1.29 is 0 Å². The topological polar surface area (TPSA) is 59.8 Å². The van der Waals surface area contributed by atoms with Gasteiger partial charge in [0.15, 0.2) is 0 Å². The van der Waals surface area contributed by atoms with Crippen molar-refractivity contribution in [3.05, 3.63) is 58.0 Å². The molecule has 2 heterocycles. The van der Waals surface area contributed by atoms with Gasteiger partial charge in [-0.3, -0.25) is 9.36 Å². The largest absolute Gasteiger partial charge is 0.324 e. The zero-order chi connectivity index (χ0) is 16.6. The molecule has 0 aliphatic heterocycles. The average Bonchev–Trinajstić information content (AvgIpc) is 2.50. The summed E-state index contributed by atoms with van der Waals surface area (Å²) in [5, 5.41) is 4.06. The highest BCUT2D eigenvalue weighted by Gasteiger charge is 2.09. The highest BCUT2D eigenvalue weighted by atomic mass is 16.1. The molecule has 3 rings (SSSR count). The van der Waals surface area contributed by atoms with Gasteiger partial charge in [0.2, 0.25) is 5.95 Å². The third kappa shape index (κ3) is 2.95. The minimum absolute atomic E-state index is 0.0376. The van der Waals surface area contributed by atoms with Gasteiger partial charge in [0.1, 0.15) is 5.65 Å². The van der Waals surface area contributed by atoms with Crippen LogP contribution in [0.3, 0.4) is 0 Å². The Balaban J connectivity index is 2.07. The number of hydrogen-bond donors (Lipinski definition) is 1. The van der Waals surface area contributed by atoms with Crippen LogP contribution in [-0.4, -0.2) is 14.5 Å². The Labute approximate surface area is 135 Å². The number of pyridine rings is 1. The Hall–Kier alpha value is -2.69. The number of aromatic nitrogens is 3. The predicted molar refractivity (Wildman–Crippen MR) is 93.4 cm³/mol. The number of hydrogen-bond acceptors (Lipinski definition) is 4. The number of benzene rings is 1. The molecule has 0 atom stereocenters. The molecule has 5 heteroatoms. The number of rotatable bonds is 3. The molecule has 0 saturated carbocycles. The van der Waals surface area contributed by atoms with Crippen molar-refractivity contribution in [1.82, 2.24) is 14.5 Å². The second kappa shape index (κ2) is 5.83. The molecule has 1 aromatic carbocycles. The molecule has 2 aromatic heterocycles. The van der Waals surface area contributed by atoms with Crippen LogP contribution < -0.4 is 10.9 Å². The van der Waals surface area contributed by atoms with Crippen LogP contribution >= 0.6 is 0 Å². The Kier molecular flexibility index (Phi) is 3.86. The van der Waals surface area contributed by atoms with Crippen molar-refractivity contribution in [3.8, 4) is 0 Å². The van der Waals surface area contributed by atoms with Crippen LogP contribution in [-0.2, 0) is 0 Å². The van der Waals surface area contributed by atoms with Crippen molar-refractivity contribution in [2.24, 2.45) is 0 Å². The molecule has 0 spiro atoms. The van der Waals surface area contributed by atoms with Gasteiger partial charge in [0.05, 0.1) is 0 Å². The van der Waals surface area contributed by atoms with E-state index in [0.717, 1.165) is 11.1 Å². The number of anilines is 2. The Morgan fingerprint density at radius 3 is 2.57 bits per heavy atom. The van der Waals surface area contributed by atoms with Crippen LogP contribution in [0.4, 0.5) is 11.6 Å². The molecule has 0 fully saturated rings. The molecule has 0 radical (unpaired) electrons. The standard InChI is InChI=1S/C18H20N4O/c1-11(2)22-16(23)8-6-14-10-19-18(21-17(14)22)20-15-7-5-12(3)13(4)9-15/h5-11H,1-4H3,(H,19,20,21). The SMILES string of the molecule is Cc1ccc(Nc2ncc3ccc(=O)n(C(C)C)c3n2)cc1C. The summed E-state index contributed by atoms with van der Waals surface area (Å²) in [4.78, 5) is 21.0. The van der Waals surface area contributed by atoms with E-state index < -0.39 is 0 Å². The van der Waals surface area contributed by atoms with E-state index in [0.29, 0.717) is 11.6 Å². The Morgan fingerprint density at radius 1 is 1.09 bits per heavy atom. The highest BCUT2D eigenvalue weighted by molar-refractivity contribution is 5.75. The fourth-order valence-corrected chi connectivity index (χ4v) is 2.55. The second-order valence-corrected chi connectivity index (χ2v) is 6.03. The van der Waals surface area contributed by atoms with Gasteiger partial charge in [0.25, 0.3) is 5.56 Å². The van der Waals surface area contributed by atoms with Crippen LogP contribution in [0.1, 0.15) is 31.0 Å². The first kappa shape index (κ1) is 15.2. The van der Waals surface area contributed by atoms with Crippen molar-refractivity contribution in [1.29, 1.82) is 0 Å². The minimum atomic E-state index is -0.0525. The summed E-state index contributed by atoms with van der Waals surface area (Å²) >= 11 is 0. The van der Waals surface area contributed by atoms with E-state index in [9.17, 15) is 4.79 Å². The summed E-state index contributed by atoms with van der Waals surface area (Å²) in [6.07, 6.45) is 1.74. The summed E-state index contributed by atoms with van der Waals surface area (Å²) in [5.74, 6) is 0.487. The molecule has 118 valence electrons. The average molecular weight is 308 g/mol. The van der Waals surface area contributed by atoms with Crippen LogP contribution in [0, 0.1) is 13.8 Å². The van der Waals surface area contributed by atoms with Gasteiger partial charge in [-0.1, -0.05) is 6.07 Å². The van der Waals surface area contributed by atoms with E-state index in [1.54, 1.807) is 22.9 Å². The van der Waals surface area contributed by atoms with Crippen molar-refractivity contribution >= 4 is 22.7 Å².